The van der Waals surface area contributed by atoms with Crippen molar-refractivity contribution in [1.82, 2.24) is 0 Å². The quantitative estimate of drug-likeness (QED) is 0.298. The summed E-state index contributed by atoms with van der Waals surface area (Å²) < 4.78 is 81.7. The minimum Gasteiger partial charge on any atom is -0.286 e. The molecular weight excluding hydrogens is 392 g/mol. The third-order valence-corrected chi connectivity index (χ3v) is 6.25. The van der Waals surface area contributed by atoms with Crippen LogP contribution in [-0.2, 0) is 54.7 Å². The van der Waals surface area contributed by atoms with Gasteiger partial charge in [0.15, 0.2) is 17.0 Å². The molecule has 0 spiro atoms. The van der Waals surface area contributed by atoms with Gasteiger partial charge in [0.1, 0.15) is 5.94 Å². The van der Waals surface area contributed by atoms with E-state index in [1.54, 1.807) is 13.8 Å². The topological polar surface area (TPSA) is 130 Å². The average Bonchev–Trinajstić information content (AvgIpc) is 2.39. The van der Waals surface area contributed by atoms with Gasteiger partial charge in [0.2, 0.25) is 0 Å². The van der Waals surface area contributed by atoms with E-state index in [1.165, 1.54) is 6.26 Å². The molecule has 13 heteroatoms. The van der Waals surface area contributed by atoms with Crippen LogP contribution in [0.15, 0.2) is 0 Å². The van der Waals surface area contributed by atoms with E-state index < -0.39 is 59.7 Å². The molecule has 0 aromatic carbocycles. The molecule has 0 aliphatic rings. The van der Waals surface area contributed by atoms with Gasteiger partial charge in [0.05, 0.1) is 17.6 Å². The second kappa shape index (κ2) is 10.8. The molecule has 0 N–H and O–H groups in total. The van der Waals surface area contributed by atoms with Crippen LogP contribution < -0.4 is 0 Å². The first-order valence-corrected chi connectivity index (χ1v) is 12.7. The lowest BCUT2D eigenvalue weighted by atomic mass is 10.4. The van der Waals surface area contributed by atoms with Gasteiger partial charge in [0, 0.05) is 17.1 Å². The molecule has 0 saturated carbocycles. The predicted octanol–water partition coefficient (Wildman–Crippen LogP) is -0.158. The van der Waals surface area contributed by atoms with Gasteiger partial charge < -0.3 is 0 Å². The zero-order valence-electron chi connectivity index (χ0n) is 13.1. The molecule has 0 saturated heterocycles. The van der Waals surface area contributed by atoms with Crippen molar-refractivity contribution in [2.24, 2.45) is 0 Å². The largest absolute Gasteiger partial charge is 0.286 e. The standard InChI is InChI=1S/C10H22O9S4/c1-10(2)19-21(12)9-18-23(15,16)7-5-4-6-22(13,14)17-8-20(3)11/h10H,4-9H2,1-3H3. The van der Waals surface area contributed by atoms with Crippen molar-refractivity contribution in [3.8, 4) is 0 Å². The Balaban J connectivity index is 4.07. The first kappa shape index (κ1) is 23.1. The smallest absolute Gasteiger partial charge is 0.268 e. The Morgan fingerprint density at radius 1 is 0.870 bits per heavy atom. The van der Waals surface area contributed by atoms with E-state index in [-0.39, 0.29) is 24.7 Å². The van der Waals surface area contributed by atoms with Crippen molar-refractivity contribution in [3.63, 3.8) is 0 Å². The average molecular weight is 415 g/mol. The molecule has 0 aromatic heterocycles. The molecule has 0 aliphatic carbocycles. The van der Waals surface area contributed by atoms with E-state index in [1.807, 2.05) is 0 Å². The van der Waals surface area contributed by atoms with Gasteiger partial charge in [-0.1, -0.05) is 0 Å². The van der Waals surface area contributed by atoms with Crippen LogP contribution in [-0.4, -0.2) is 61.0 Å². The van der Waals surface area contributed by atoms with Crippen molar-refractivity contribution in [1.29, 1.82) is 0 Å². The second-order valence-corrected chi connectivity index (χ2v) is 10.7. The lowest BCUT2D eigenvalue weighted by Gasteiger charge is -2.08. The van der Waals surface area contributed by atoms with E-state index in [4.69, 9.17) is 4.18 Å². The summed E-state index contributed by atoms with van der Waals surface area (Å²) in [7, 11) is -9.15. The summed E-state index contributed by atoms with van der Waals surface area (Å²) >= 11 is -1.87. The highest BCUT2D eigenvalue weighted by atomic mass is 32.2. The number of rotatable bonds is 13. The summed E-state index contributed by atoms with van der Waals surface area (Å²) in [4.78, 5) is 0. The maximum absolute atomic E-state index is 11.5. The molecule has 0 aliphatic heterocycles. The van der Waals surface area contributed by atoms with Crippen molar-refractivity contribution in [2.75, 3.05) is 29.6 Å². The first-order chi connectivity index (χ1) is 10.4. The summed E-state index contributed by atoms with van der Waals surface area (Å²) in [5.41, 5.74) is 0. The minimum atomic E-state index is -3.91. The van der Waals surface area contributed by atoms with E-state index in [0.717, 1.165) is 0 Å². The summed E-state index contributed by atoms with van der Waals surface area (Å²) in [6.45, 7) is 3.28. The Kier molecular flexibility index (Phi) is 10.9. The van der Waals surface area contributed by atoms with Crippen LogP contribution >= 0.6 is 0 Å². The fourth-order valence-electron chi connectivity index (χ4n) is 1.17. The maximum Gasteiger partial charge on any atom is 0.268 e. The minimum absolute atomic E-state index is 0.0256. The lowest BCUT2D eigenvalue weighted by molar-refractivity contribution is 0.256. The third-order valence-electron chi connectivity index (χ3n) is 2.06. The van der Waals surface area contributed by atoms with Crippen LogP contribution in [0, 0.1) is 0 Å². The Bertz CT molecular complexity index is 594. The monoisotopic (exact) mass is 414 g/mol. The Labute approximate surface area is 142 Å². The molecule has 0 radical (unpaired) electrons. The van der Waals surface area contributed by atoms with Crippen LogP contribution in [0.3, 0.4) is 0 Å². The zero-order chi connectivity index (χ0) is 18.1. The van der Waals surface area contributed by atoms with Gasteiger partial charge >= 0.3 is 0 Å². The van der Waals surface area contributed by atoms with Crippen LogP contribution in [0.1, 0.15) is 26.7 Å². The fourth-order valence-corrected chi connectivity index (χ4v) is 5.04. The van der Waals surface area contributed by atoms with Crippen molar-refractivity contribution in [2.45, 2.75) is 32.8 Å². The van der Waals surface area contributed by atoms with Gasteiger partial charge in [-0.3, -0.25) is 16.8 Å². The summed E-state index contributed by atoms with van der Waals surface area (Å²) in [6.07, 6.45) is 1.03. The molecule has 0 bridgehead atoms. The van der Waals surface area contributed by atoms with Crippen LogP contribution in [0.4, 0.5) is 0 Å². The molecule has 23 heavy (non-hydrogen) atoms. The molecule has 2 atom stereocenters. The highest BCUT2D eigenvalue weighted by molar-refractivity contribution is 7.88. The Hall–Kier alpha value is 0.0800. The number of hydrogen-bond donors (Lipinski definition) is 0. The van der Waals surface area contributed by atoms with Crippen molar-refractivity contribution in [3.05, 3.63) is 0 Å². The van der Waals surface area contributed by atoms with Crippen LogP contribution in [0.5, 0.6) is 0 Å². The lowest BCUT2D eigenvalue weighted by Crippen LogP contribution is -2.18. The summed E-state index contributed by atoms with van der Waals surface area (Å²) in [5, 5.41) is 0. The van der Waals surface area contributed by atoms with Crippen LogP contribution in [0.25, 0.3) is 0 Å². The molecule has 0 heterocycles. The van der Waals surface area contributed by atoms with E-state index in [2.05, 4.69) is 8.37 Å². The van der Waals surface area contributed by atoms with Crippen molar-refractivity contribution >= 4 is 42.1 Å². The normalized spacial score (nSPS) is 15.7. The molecule has 0 rings (SSSR count). The van der Waals surface area contributed by atoms with Gasteiger partial charge in [-0.25, -0.2) is 4.21 Å². The molecule has 9 nitrogen and oxygen atoms in total. The Morgan fingerprint density at radius 3 is 1.70 bits per heavy atom. The first-order valence-electron chi connectivity index (χ1n) is 6.53. The molecule has 2 unspecified atom stereocenters. The van der Waals surface area contributed by atoms with E-state index in [0.29, 0.717) is 0 Å². The molecular formula is C10H22O9S4. The number of unbranched alkanes of at least 4 members (excludes halogenated alkanes) is 1. The molecule has 140 valence electrons. The van der Waals surface area contributed by atoms with Gasteiger partial charge in [-0.05, 0) is 26.7 Å². The fraction of sp³-hybridized carbons (Fsp3) is 1.00. The zero-order valence-corrected chi connectivity index (χ0v) is 16.4. The highest BCUT2D eigenvalue weighted by Crippen LogP contribution is 2.05. The number of hydrogen-bond acceptors (Lipinski definition) is 9. The second-order valence-electron chi connectivity index (χ2n) is 4.72. The summed E-state index contributed by atoms with van der Waals surface area (Å²) in [5.74, 6) is -1.83. The SMILES string of the molecule is CC(C)OS(=O)COS(=O)(=O)CCCCS(=O)(=O)OCS(C)=O. The predicted molar refractivity (Wildman–Crippen MR) is 87.1 cm³/mol. The third kappa shape index (κ3) is 14.2. The van der Waals surface area contributed by atoms with E-state index in [9.17, 15) is 25.3 Å². The van der Waals surface area contributed by atoms with Gasteiger partial charge in [0.25, 0.3) is 20.2 Å². The molecule has 0 aromatic rings. The highest BCUT2D eigenvalue weighted by Gasteiger charge is 2.16. The van der Waals surface area contributed by atoms with Crippen LogP contribution in [0.2, 0.25) is 0 Å². The molecule has 0 fully saturated rings. The maximum atomic E-state index is 11.5. The van der Waals surface area contributed by atoms with Gasteiger partial charge in [-0.2, -0.15) is 16.8 Å². The van der Waals surface area contributed by atoms with E-state index >= 15 is 0 Å². The summed E-state index contributed by atoms with van der Waals surface area (Å²) in [6, 6.07) is 0. The molecule has 0 amide bonds. The Morgan fingerprint density at radius 2 is 1.30 bits per heavy atom. The van der Waals surface area contributed by atoms with Gasteiger partial charge in [-0.15, -0.1) is 0 Å². The van der Waals surface area contributed by atoms with Crippen molar-refractivity contribution < 1.29 is 37.8 Å².